The molecule has 0 saturated heterocycles. The van der Waals surface area contributed by atoms with Crippen LogP contribution in [0, 0.1) is 3.57 Å². The van der Waals surface area contributed by atoms with Gasteiger partial charge in [0.2, 0.25) is 0 Å². The summed E-state index contributed by atoms with van der Waals surface area (Å²) in [5.41, 5.74) is 0.739. The van der Waals surface area contributed by atoms with Gasteiger partial charge in [0.05, 0.1) is 4.83 Å². The largest absolute Gasteiger partial charge is 0.293 e. The van der Waals surface area contributed by atoms with E-state index in [0.717, 1.165) is 13.6 Å². The first kappa shape index (κ1) is 11.7. The first-order chi connectivity index (χ1) is 6.00. The minimum atomic E-state index is -0.127. The first-order valence-corrected chi connectivity index (χ1v) is 6.44. The summed E-state index contributed by atoms with van der Waals surface area (Å²) in [7, 11) is 0. The molecular formula is C9H7Br2IO. The lowest BCUT2D eigenvalue weighted by atomic mass is 10.1. The lowest BCUT2D eigenvalue weighted by Crippen LogP contribution is -2.09. The molecule has 0 heterocycles. The van der Waals surface area contributed by atoms with Crippen LogP contribution in [0.5, 0.6) is 0 Å². The third-order valence-corrected chi connectivity index (χ3v) is 3.00. The van der Waals surface area contributed by atoms with Gasteiger partial charge in [0.15, 0.2) is 5.78 Å². The molecule has 0 amide bonds. The second-order valence-electron chi connectivity index (χ2n) is 2.64. The molecule has 0 aliphatic rings. The molecule has 0 aromatic heterocycles. The van der Waals surface area contributed by atoms with E-state index < -0.39 is 0 Å². The van der Waals surface area contributed by atoms with Gasteiger partial charge in [0.1, 0.15) is 0 Å². The third-order valence-electron chi connectivity index (χ3n) is 1.51. The van der Waals surface area contributed by atoms with E-state index in [4.69, 9.17) is 0 Å². The summed E-state index contributed by atoms with van der Waals surface area (Å²) in [4.78, 5) is 11.5. The number of carbonyl (C=O) groups excluding carboxylic acids is 1. The van der Waals surface area contributed by atoms with Gasteiger partial charge in [0, 0.05) is 13.6 Å². The molecule has 0 fully saturated rings. The zero-order valence-electron chi connectivity index (χ0n) is 6.85. The van der Waals surface area contributed by atoms with Crippen LogP contribution >= 0.6 is 54.5 Å². The predicted molar refractivity (Wildman–Crippen MR) is 69.6 cm³/mol. The fourth-order valence-electron chi connectivity index (χ4n) is 0.926. The van der Waals surface area contributed by atoms with Crippen LogP contribution in [0.1, 0.15) is 17.3 Å². The van der Waals surface area contributed by atoms with Crippen molar-refractivity contribution in [1.29, 1.82) is 0 Å². The second-order valence-corrected chi connectivity index (χ2v) is 6.17. The van der Waals surface area contributed by atoms with E-state index >= 15 is 0 Å². The summed E-state index contributed by atoms with van der Waals surface area (Å²) in [6.07, 6.45) is 0. The number of ketones is 1. The average molecular weight is 418 g/mol. The molecule has 0 radical (unpaired) electrons. The Morgan fingerprint density at radius 2 is 2.08 bits per heavy atom. The zero-order chi connectivity index (χ0) is 10.0. The van der Waals surface area contributed by atoms with Crippen molar-refractivity contribution in [1.82, 2.24) is 0 Å². The van der Waals surface area contributed by atoms with Gasteiger partial charge in [-0.05, 0) is 47.7 Å². The Kier molecular flexibility index (Phi) is 4.38. The number of benzene rings is 1. The van der Waals surface area contributed by atoms with Gasteiger partial charge in [-0.2, -0.15) is 0 Å². The van der Waals surface area contributed by atoms with Gasteiger partial charge < -0.3 is 0 Å². The third kappa shape index (κ3) is 3.32. The molecule has 0 saturated carbocycles. The number of alkyl halides is 1. The normalized spacial score (nSPS) is 12.6. The molecule has 0 N–H and O–H groups in total. The molecule has 1 atom stereocenters. The summed E-state index contributed by atoms with van der Waals surface area (Å²) in [5.74, 6) is 0.110. The van der Waals surface area contributed by atoms with Gasteiger partial charge in [-0.15, -0.1) is 0 Å². The molecule has 1 unspecified atom stereocenters. The standard InChI is InChI=1S/C9H7Br2IO/c1-5(10)9(13)6-2-7(11)4-8(12)3-6/h2-5H,1H3. The van der Waals surface area contributed by atoms with Crippen molar-refractivity contribution in [3.05, 3.63) is 31.8 Å². The van der Waals surface area contributed by atoms with Crippen molar-refractivity contribution in [2.24, 2.45) is 0 Å². The molecule has 1 aromatic carbocycles. The van der Waals surface area contributed by atoms with Crippen LogP contribution in [0.4, 0.5) is 0 Å². The van der Waals surface area contributed by atoms with E-state index in [9.17, 15) is 4.79 Å². The van der Waals surface area contributed by atoms with Crippen LogP contribution < -0.4 is 0 Å². The van der Waals surface area contributed by atoms with Crippen LogP contribution in [0.25, 0.3) is 0 Å². The van der Waals surface area contributed by atoms with Gasteiger partial charge in [-0.3, -0.25) is 4.79 Å². The SMILES string of the molecule is CC(Br)C(=O)c1cc(Br)cc(I)c1. The van der Waals surface area contributed by atoms with Gasteiger partial charge >= 0.3 is 0 Å². The van der Waals surface area contributed by atoms with E-state index in [1.807, 2.05) is 25.1 Å². The van der Waals surface area contributed by atoms with Crippen molar-refractivity contribution in [2.45, 2.75) is 11.8 Å². The highest BCUT2D eigenvalue weighted by atomic mass is 127. The van der Waals surface area contributed by atoms with Crippen molar-refractivity contribution < 1.29 is 4.79 Å². The molecule has 70 valence electrons. The Bertz CT molecular complexity index is 316. The first-order valence-electron chi connectivity index (χ1n) is 3.65. The summed E-state index contributed by atoms with van der Waals surface area (Å²) >= 11 is 8.81. The maximum absolute atomic E-state index is 11.6. The number of hydrogen-bond acceptors (Lipinski definition) is 1. The Labute approximate surface area is 108 Å². The highest BCUT2D eigenvalue weighted by Crippen LogP contribution is 2.19. The monoisotopic (exact) mass is 416 g/mol. The zero-order valence-corrected chi connectivity index (χ0v) is 12.2. The van der Waals surface area contributed by atoms with Gasteiger partial charge in [0.25, 0.3) is 0 Å². The highest BCUT2D eigenvalue weighted by molar-refractivity contribution is 14.1. The molecule has 0 aliphatic carbocycles. The Morgan fingerprint density at radius 1 is 1.46 bits per heavy atom. The smallest absolute Gasteiger partial charge is 0.176 e. The molecule has 0 aliphatic heterocycles. The molecule has 1 nitrogen and oxygen atoms in total. The summed E-state index contributed by atoms with van der Waals surface area (Å²) < 4.78 is 2.00. The fraction of sp³-hybridized carbons (Fsp3) is 0.222. The van der Waals surface area contributed by atoms with Gasteiger partial charge in [-0.25, -0.2) is 0 Å². The lowest BCUT2D eigenvalue weighted by molar-refractivity contribution is 0.0995. The highest BCUT2D eigenvalue weighted by Gasteiger charge is 2.12. The fourth-order valence-corrected chi connectivity index (χ4v) is 2.78. The number of carbonyl (C=O) groups is 1. The Balaban J connectivity index is 3.08. The van der Waals surface area contributed by atoms with E-state index in [2.05, 4.69) is 54.5 Å². The predicted octanol–water partition coefficient (Wildman–Crippen LogP) is 4.02. The van der Waals surface area contributed by atoms with E-state index in [0.29, 0.717) is 0 Å². The van der Waals surface area contributed by atoms with Crippen molar-refractivity contribution in [2.75, 3.05) is 0 Å². The summed E-state index contributed by atoms with van der Waals surface area (Å²) in [6.45, 7) is 1.83. The van der Waals surface area contributed by atoms with E-state index in [1.54, 1.807) is 0 Å². The molecular weight excluding hydrogens is 411 g/mol. The summed E-state index contributed by atoms with van der Waals surface area (Å²) in [5, 5.41) is 0. The van der Waals surface area contributed by atoms with Gasteiger partial charge in [-0.1, -0.05) is 31.9 Å². The minimum absolute atomic E-state index is 0.110. The van der Waals surface area contributed by atoms with Crippen molar-refractivity contribution in [3.63, 3.8) is 0 Å². The molecule has 0 spiro atoms. The Hall–Kier alpha value is 0.580. The minimum Gasteiger partial charge on any atom is -0.293 e. The maximum atomic E-state index is 11.6. The molecule has 13 heavy (non-hydrogen) atoms. The van der Waals surface area contributed by atoms with Crippen LogP contribution in [-0.2, 0) is 0 Å². The topological polar surface area (TPSA) is 17.1 Å². The number of halogens is 3. The van der Waals surface area contributed by atoms with Crippen molar-refractivity contribution in [3.8, 4) is 0 Å². The Morgan fingerprint density at radius 3 is 2.54 bits per heavy atom. The number of rotatable bonds is 2. The quantitative estimate of drug-likeness (QED) is 0.403. The number of hydrogen-bond donors (Lipinski definition) is 0. The lowest BCUT2D eigenvalue weighted by Gasteiger charge is -2.03. The van der Waals surface area contributed by atoms with Crippen molar-refractivity contribution >= 4 is 60.2 Å². The molecule has 4 heteroatoms. The van der Waals surface area contributed by atoms with E-state index in [1.165, 1.54) is 0 Å². The van der Waals surface area contributed by atoms with Crippen LogP contribution in [0.3, 0.4) is 0 Å². The molecule has 0 bridgehead atoms. The van der Waals surface area contributed by atoms with Crippen LogP contribution in [-0.4, -0.2) is 10.6 Å². The molecule has 1 aromatic rings. The number of Topliss-reactive ketones (excluding diaryl/α,β-unsaturated/α-hetero) is 1. The molecule has 1 rings (SSSR count). The maximum Gasteiger partial charge on any atom is 0.176 e. The average Bonchev–Trinajstić information content (AvgIpc) is 2.01. The summed E-state index contributed by atoms with van der Waals surface area (Å²) in [6, 6.07) is 5.68. The van der Waals surface area contributed by atoms with Crippen LogP contribution in [0.2, 0.25) is 0 Å². The second kappa shape index (κ2) is 4.89. The van der Waals surface area contributed by atoms with E-state index in [-0.39, 0.29) is 10.6 Å². The van der Waals surface area contributed by atoms with Crippen LogP contribution in [0.15, 0.2) is 22.7 Å².